The van der Waals surface area contributed by atoms with Crippen LogP contribution in [-0.4, -0.2) is 13.4 Å². The Morgan fingerprint density at radius 1 is 0.744 bits per heavy atom. The van der Waals surface area contributed by atoms with Gasteiger partial charge >= 0.3 is 0 Å². The number of nitrogens with zero attached hydrogens (tertiary/aromatic N) is 1. The van der Waals surface area contributed by atoms with Crippen LogP contribution >= 0.6 is 0 Å². The molecule has 1 atom stereocenters. The Bertz CT molecular complexity index is 1510. The maximum Gasteiger partial charge on any atom is 0.150 e. The fourth-order valence-corrected chi connectivity index (χ4v) is 5.48. The van der Waals surface area contributed by atoms with E-state index in [1.807, 2.05) is 12.1 Å². The molecule has 43 heavy (non-hydrogen) atoms. The van der Waals surface area contributed by atoms with Gasteiger partial charge in [-0.3, -0.25) is 4.79 Å². The van der Waals surface area contributed by atoms with Gasteiger partial charge in [0.25, 0.3) is 0 Å². The summed E-state index contributed by atoms with van der Waals surface area (Å²) in [5.41, 5.74) is 9.68. The van der Waals surface area contributed by atoms with Crippen molar-refractivity contribution in [1.29, 1.82) is 0 Å². The van der Waals surface area contributed by atoms with Crippen LogP contribution in [0.1, 0.15) is 84.6 Å². The highest BCUT2D eigenvalue weighted by atomic mass is 16.5. The first kappa shape index (κ1) is 31.6. The molecule has 0 spiro atoms. The Balaban J connectivity index is 1.66. The molecule has 0 heterocycles. The third-order valence-corrected chi connectivity index (χ3v) is 8.02. The summed E-state index contributed by atoms with van der Waals surface area (Å²) in [4.78, 5) is 14.4. The highest BCUT2D eigenvalue weighted by molar-refractivity contribution is 5.87. The van der Waals surface area contributed by atoms with E-state index in [0.717, 1.165) is 70.6 Å². The van der Waals surface area contributed by atoms with E-state index in [2.05, 4.69) is 130 Å². The van der Waals surface area contributed by atoms with Gasteiger partial charge in [0, 0.05) is 22.6 Å². The Morgan fingerprint density at radius 2 is 1.37 bits per heavy atom. The highest BCUT2D eigenvalue weighted by Crippen LogP contribution is 2.35. The zero-order valence-electron chi connectivity index (χ0n) is 26.3. The smallest absolute Gasteiger partial charge is 0.150 e. The van der Waals surface area contributed by atoms with E-state index in [-0.39, 0.29) is 0 Å². The number of methoxy groups -OCH3 is 1. The van der Waals surface area contributed by atoms with Crippen LogP contribution in [0.25, 0.3) is 18.2 Å². The molecule has 0 aromatic heterocycles. The molecule has 0 fully saturated rings. The summed E-state index contributed by atoms with van der Waals surface area (Å²) in [6, 6.07) is 29.5. The number of aryl methyl sites for hydroxylation is 1. The summed E-state index contributed by atoms with van der Waals surface area (Å²) in [5.74, 6) is 1.48. The van der Waals surface area contributed by atoms with Crippen molar-refractivity contribution in [2.45, 2.75) is 59.8 Å². The number of aldehydes is 1. The molecule has 0 aliphatic heterocycles. The SMILES string of the molecule is CC/C=C\c1cc(C=O)c(/C=C\c2ccc(N(c3ccc(C)cc3)c3ccc(OC)cc3)cc2)cc1CC(CC)CCC. The molecule has 0 saturated heterocycles. The lowest BCUT2D eigenvalue weighted by Crippen LogP contribution is -2.09. The van der Waals surface area contributed by atoms with Crippen LogP contribution in [0.2, 0.25) is 0 Å². The predicted molar refractivity (Wildman–Crippen MR) is 185 cm³/mol. The van der Waals surface area contributed by atoms with E-state index in [1.165, 1.54) is 24.0 Å². The third kappa shape index (κ3) is 8.35. The van der Waals surface area contributed by atoms with Gasteiger partial charge in [-0.1, -0.05) is 100 Å². The van der Waals surface area contributed by atoms with E-state index in [1.54, 1.807) is 7.11 Å². The van der Waals surface area contributed by atoms with Crippen LogP contribution < -0.4 is 9.64 Å². The van der Waals surface area contributed by atoms with Gasteiger partial charge in [-0.05, 0) is 103 Å². The van der Waals surface area contributed by atoms with E-state index in [4.69, 9.17) is 4.74 Å². The molecule has 0 aliphatic carbocycles. The number of hydrogen-bond donors (Lipinski definition) is 0. The van der Waals surface area contributed by atoms with Gasteiger partial charge in [0.2, 0.25) is 0 Å². The first-order chi connectivity index (χ1) is 21.0. The lowest BCUT2D eigenvalue weighted by molar-refractivity contribution is 0.112. The fraction of sp³-hybridized carbons (Fsp3) is 0.275. The molecule has 0 amide bonds. The van der Waals surface area contributed by atoms with Crippen molar-refractivity contribution in [2.75, 3.05) is 12.0 Å². The number of rotatable bonds is 14. The summed E-state index contributed by atoms with van der Waals surface area (Å²) in [6.07, 6.45) is 15.1. The Kier molecular flexibility index (Phi) is 11.6. The summed E-state index contributed by atoms with van der Waals surface area (Å²) in [7, 11) is 1.68. The normalized spacial score (nSPS) is 12.1. The van der Waals surface area contributed by atoms with Gasteiger partial charge in [0.15, 0.2) is 6.29 Å². The molecular formula is C40H45NO2. The average molecular weight is 572 g/mol. The zero-order valence-corrected chi connectivity index (χ0v) is 26.3. The number of allylic oxidation sites excluding steroid dienone is 1. The Hall–Kier alpha value is -4.37. The highest BCUT2D eigenvalue weighted by Gasteiger charge is 2.14. The van der Waals surface area contributed by atoms with Crippen molar-refractivity contribution in [1.82, 2.24) is 0 Å². The van der Waals surface area contributed by atoms with Gasteiger partial charge in [-0.25, -0.2) is 0 Å². The minimum atomic E-state index is 0.646. The van der Waals surface area contributed by atoms with Crippen LogP contribution in [0.5, 0.6) is 5.75 Å². The van der Waals surface area contributed by atoms with Gasteiger partial charge in [-0.2, -0.15) is 0 Å². The first-order valence-electron chi connectivity index (χ1n) is 15.6. The second-order valence-corrected chi connectivity index (χ2v) is 11.2. The minimum absolute atomic E-state index is 0.646. The minimum Gasteiger partial charge on any atom is -0.497 e. The van der Waals surface area contributed by atoms with Crippen LogP contribution in [0.15, 0.2) is 91.0 Å². The van der Waals surface area contributed by atoms with Crippen molar-refractivity contribution >= 4 is 41.6 Å². The first-order valence-corrected chi connectivity index (χ1v) is 15.6. The van der Waals surface area contributed by atoms with Crippen LogP contribution in [-0.2, 0) is 6.42 Å². The molecule has 1 unspecified atom stereocenters. The van der Waals surface area contributed by atoms with Crippen molar-refractivity contribution in [2.24, 2.45) is 5.92 Å². The molecule has 0 aliphatic rings. The molecule has 3 heteroatoms. The molecule has 0 N–H and O–H groups in total. The summed E-state index contributed by atoms with van der Waals surface area (Å²) in [5, 5.41) is 0. The molecule has 4 aromatic carbocycles. The van der Waals surface area contributed by atoms with E-state index in [9.17, 15) is 4.79 Å². The van der Waals surface area contributed by atoms with E-state index < -0.39 is 0 Å². The van der Waals surface area contributed by atoms with Crippen molar-refractivity contribution < 1.29 is 9.53 Å². The van der Waals surface area contributed by atoms with E-state index >= 15 is 0 Å². The van der Waals surface area contributed by atoms with Crippen LogP contribution in [0.4, 0.5) is 17.1 Å². The maximum absolute atomic E-state index is 12.1. The lowest BCUT2D eigenvalue weighted by Gasteiger charge is -2.26. The van der Waals surface area contributed by atoms with Crippen molar-refractivity contribution in [3.63, 3.8) is 0 Å². The molecule has 3 nitrogen and oxygen atoms in total. The van der Waals surface area contributed by atoms with Crippen molar-refractivity contribution in [3.8, 4) is 5.75 Å². The molecule has 0 radical (unpaired) electrons. The van der Waals surface area contributed by atoms with Crippen LogP contribution in [0.3, 0.4) is 0 Å². The predicted octanol–water partition coefficient (Wildman–Crippen LogP) is 11.2. The molecule has 4 aromatic rings. The number of benzene rings is 4. The Labute approximate surface area is 258 Å². The summed E-state index contributed by atoms with van der Waals surface area (Å²) in [6.45, 7) is 8.78. The van der Waals surface area contributed by atoms with Gasteiger partial charge < -0.3 is 9.64 Å². The second-order valence-electron chi connectivity index (χ2n) is 11.2. The summed E-state index contributed by atoms with van der Waals surface area (Å²) < 4.78 is 5.39. The molecule has 0 saturated carbocycles. The Morgan fingerprint density at radius 3 is 1.93 bits per heavy atom. The van der Waals surface area contributed by atoms with E-state index in [0.29, 0.717) is 5.92 Å². The lowest BCUT2D eigenvalue weighted by atomic mass is 9.88. The second kappa shape index (κ2) is 15.7. The fourth-order valence-electron chi connectivity index (χ4n) is 5.48. The largest absolute Gasteiger partial charge is 0.497 e. The molecule has 0 bridgehead atoms. The molecule has 222 valence electrons. The molecule has 4 rings (SSSR count). The van der Waals surface area contributed by atoms with Crippen LogP contribution in [0, 0.1) is 12.8 Å². The number of hydrogen-bond acceptors (Lipinski definition) is 3. The maximum atomic E-state index is 12.1. The van der Waals surface area contributed by atoms with Crippen molar-refractivity contribution in [3.05, 3.63) is 124 Å². The number of carbonyl (C=O) groups excluding carboxylic acids is 1. The molecular weight excluding hydrogens is 526 g/mol. The number of ether oxygens (including phenoxy) is 1. The average Bonchev–Trinajstić information content (AvgIpc) is 3.04. The topological polar surface area (TPSA) is 29.5 Å². The monoisotopic (exact) mass is 571 g/mol. The zero-order chi connectivity index (χ0) is 30.6. The van der Waals surface area contributed by atoms with Gasteiger partial charge in [-0.15, -0.1) is 0 Å². The third-order valence-electron chi connectivity index (χ3n) is 8.02. The number of anilines is 3. The standard InChI is InChI=1S/C40H45NO2/c1-6-9-11-33-28-36(29-42)34(27-35(33)26-31(8-3)10-7-2)17-14-32-15-20-38(21-16-32)41(37-18-12-30(4)13-19-37)39-22-24-40(43-5)25-23-39/h9,11-25,27-29,31H,6-8,10,26H2,1-5H3/b11-9-,17-14-. The quantitative estimate of drug-likeness (QED) is 0.111. The number of carbonyl (C=O) groups is 1. The van der Waals surface area contributed by atoms with Gasteiger partial charge in [0.1, 0.15) is 5.75 Å². The summed E-state index contributed by atoms with van der Waals surface area (Å²) >= 11 is 0. The van der Waals surface area contributed by atoms with Gasteiger partial charge in [0.05, 0.1) is 7.11 Å².